The molecule has 2 rings (SSSR count). The van der Waals surface area contributed by atoms with E-state index in [0.29, 0.717) is 5.69 Å². The van der Waals surface area contributed by atoms with Crippen LogP contribution in [0.25, 0.3) is 11.3 Å². The van der Waals surface area contributed by atoms with Gasteiger partial charge >= 0.3 is 0 Å². The molecule has 0 spiro atoms. The number of nitrogens with zero attached hydrogens (tertiary/aromatic N) is 3. The van der Waals surface area contributed by atoms with Gasteiger partial charge in [0.2, 0.25) is 11.9 Å². The number of hydrogen-bond donors (Lipinski definition) is 0. The molecule has 0 bridgehead atoms. The third-order valence-electron chi connectivity index (χ3n) is 1.95. The van der Waals surface area contributed by atoms with E-state index < -0.39 is 0 Å². The van der Waals surface area contributed by atoms with Crippen LogP contribution in [0.2, 0.25) is 0 Å². The molecule has 0 fully saturated rings. The number of aromatic nitrogens is 2. The smallest absolute Gasteiger partial charge is 0.242 e. The quantitative estimate of drug-likeness (QED) is 0.550. The largest absolute Gasteiger partial charge is 0.242 e. The molecule has 0 aliphatic rings. The zero-order chi connectivity index (χ0) is 10.7. The summed E-state index contributed by atoms with van der Waals surface area (Å²) in [7, 11) is 0. The Labute approximate surface area is 85.4 Å². The van der Waals surface area contributed by atoms with Crippen molar-refractivity contribution in [2.24, 2.45) is 4.99 Å². The van der Waals surface area contributed by atoms with E-state index in [0.717, 1.165) is 11.1 Å². The van der Waals surface area contributed by atoms with E-state index in [-0.39, 0.29) is 5.82 Å². The van der Waals surface area contributed by atoms with E-state index in [2.05, 4.69) is 19.9 Å². The van der Waals surface area contributed by atoms with Crippen LogP contribution in [0.5, 0.6) is 0 Å². The summed E-state index contributed by atoms with van der Waals surface area (Å²) >= 11 is 0. The van der Waals surface area contributed by atoms with E-state index in [1.54, 1.807) is 0 Å². The average molecular weight is 201 g/mol. The maximum Gasteiger partial charge on any atom is 0.242 e. The molecular formula is C10H7N3O2. The van der Waals surface area contributed by atoms with Gasteiger partial charge in [-0.05, 0) is 17.2 Å². The minimum Gasteiger partial charge on any atom is -0.242 e. The number of benzene rings is 1. The molecule has 5 nitrogen and oxygen atoms in total. The standard InChI is InChI=1S/C10H7N3O2/c1-7-2-4-8(5-3-7)9-10(11-6-14)13-15-12-9/h2-5H,1H3. The Hall–Kier alpha value is -2.26. The van der Waals surface area contributed by atoms with E-state index in [1.165, 1.54) is 6.08 Å². The molecule has 74 valence electrons. The van der Waals surface area contributed by atoms with Crippen LogP contribution in [0.4, 0.5) is 5.82 Å². The second-order valence-corrected chi connectivity index (χ2v) is 3.01. The summed E-state index contributed by atoms with van der Waals surface area (Å²) in [4.78, 5) is 13.5. The van der Waals surface area contributed by atoms with Gasteiger partial charge in [0.15, 0.2) is 5.69 Å². The average Bonchev–Trinajstić information content (AvgIpc) is 2.68. The Balaban J connectivity index is 2.49. The maximum atomic E-state index is 10.1. The van der Waals surface area contributed by atoms with Crippen molar-refractivity contribution in [3.8, 4) is 11.3 Å². The van der Waals surface area contributed by atoms with Gasteiger partial charge in [0.1, 0.15) is 0 Å². The zero-order valence-corrected chi connectivity index (χ0v) is 7.97. The summed E-state index contributed by atoms with van der Waals surface area (Å²) in [5, 5.41) is 7.17. The molecule has 1 aromatic heterocycles. The molecule has 0 saturated heterocycles. The third kappa shape index (κ3) is 1.82. The second-order valence-electron chi connectivity index (χ2n) is 3.01. The highest BCUT2D eigenvalue weighted by Crippen LogP contribution is 2.25. The van der Waals surface area contributed by atoms with Gasteiger partial charge < -0.3 is 0 Å². The van der Waals surface area contributed by atoms with Gasteiger partial charge in [-0.1, -0.05) is 29.8 Å². The molecule has 0 unspecified atom stereocenters. The Morgan fingerprint density at radius 1 is 1.27 bits per heavy atom. The predicted octanol–water partition coefficient (Wildman–Crippen LogP) is 2.01. The van der Waals surface area contributed by atoms with Crippen molar-refractivity contribution in [2.45, 2.75) is 6.92 Å². The van der Waals surface area contributed by atoms with Crippen molar-refractivity contribution in [1.82, 2.24) is 10.3 Å². The fourth-order valence-corrected chi connectivity index (χ4v) is 1.19. The number of carbonyl (C=O) groups excluding carboxylic acids is 1. The van der Waals surface area contributed by atoms with Crippen LogP contribution in [-0.2, 0) is 4.79 Å². The molecule has 0 amide bonds. The lowest BCUT2D eigenvalue weighted by molar-refractivity contribution is 0.309. The molecule has 5 heteroatoms. The van der Waals surface area contributed by atoms with Gasteiger partial charge in [-0.25, -0.2) is 9.42 Å². The minimum absolute atomic E-state index is 0.147. The Kier molecular flexibility index (Phi) is 2.39. The van der Waals surface area contributed by atoms with Crippen LogP contribution in [0, 0.1) is 6.92 Å². The molecule has 1 aromatic carbocycles. The molecule has 0 atom stereocenters. The Morgan fingerprint density at radius 3 is 2.67 bits per heavy atom. The summed E-state index contributed by atoms with van der Waals surface area (Å²) in [6, 6.07) is 7.58. The molecule has 0 saturated carbocycles. The van der Waals surface area contributed by atoms with Crippen molar-refractivity contribution in [2.75, 3.05) is 0 Å². The van der Waals surface area contributed by atoms with Crippen molar-refractivity contribution in [1.29, 1.82) is 0 Å². The van der Waals surface area contributed by atoms with Gasteiger partial charge in [0, 0.05) is 5.56 Å². The number of aliphatic imine (C=N–C) groups is 1. The Morgan fingerprint density at radius 2 is 2.00 bits per heavy atom. The highest BCUT2D eigenvalue weighted by molar-refractivity contribution is 5.70. The fraction of sp³-hybridized carbons (Fsp3) is 0.100. The van der Waals surface area contributed by atoms with Crippen LogP contribution < -0.4 is 0 Å². The van der Waals surface area contributed by atoms with Gasteiger partial charge in [0.05, 0.1) is 0 Å². The topological polar surface area (TPSA) is 68.3 Å². The third-order valence-corrected chi connectivity index (χ3v) is 1.95. The summed E-state index contributed by atoms with van der Waals surface area (Å²) in [5.74, 6) is 0.147. The first kappa shape index (κ1) is 9.30. The molecule has 0 aliphatic carbocycles. The number of isocyanates is 1. The fourth-order valence-electron chi connectivity index (χ4n) is 1.19. The van der Waals surface area contributed by atoms with Crippen molar-refractivity contribution in [3.05, 3.63) is 29.8 Å². The van der Waals surface area contributed by atoms with E-state index >= 15 is 0 Å². The van der Waals surface area contributed by atoms with Crippen molar-refractivity contribution >= 4 is 11.9 Å². The minimum atomic E-state index is 0.147. The van der Waals surface area contributed by atoms with E-state index in [4.69, 9.17) is 0 Å². The first-order valence-electron chi connectivity index (χ1n) is 4.29. The van der Waals surface area contributed by atoms with Gasteiger partial charge in [0.25, 0.3) is 0 Å². The molecule has 0 N–H and O–H groups in total. The second kappa shape index (κ2) is 3.86. The van der Waals surface area contributed by atoms with Crippen LogP contribution in [-0.4, -0.2) is 16.4 Å². The predicted molar refractivity (Wildman–Crippen MR) is 52.3 cm³/mol. The van der Waals surface area contributed by atoms with Crippen molar-refractivity contribution in [3.63, 3.8) is 0 Å². The summed E-state index contributed by atoms with van der Waals surface area (Å²) in [5.41, 5.74) is 2.38. The van der Waals surface area contributed by atoms with E-state index in [1.807, 2.05) is 31.2 Å². The summed E-state index contributed by atoms with van der Waals surface area (Å²) in [6.07, 6.45) is 1.40. The van der Waals surface area contributed by atoms with Crippen LogP contribution in [0.15, 0.2) is 33.9 Å². The first-order valence-corrected chi connectivity index (χ1v) is 4.29. The van der Waals surface area contributed by atoms with E-state index in [9.17, 15) is 4.79 Å². The van der Waals surface area contributed by atoms with Gasteiger partial charge in [-0.2, -0.15) is 0 Å². The first-order chi connectivity index (χ1) is 7.31. The normalized spacial score (nSPS) is 9.67. The Bertz CT molecular complexity index is 510. The molecular weight excluding hydrogens is 194 g/mol. The highest BCUT2D eigenvalue weighted by Gasteiger charge is 2.10. The van der Waals surface area contributed by atoms with Crippen LogP contribution in [0.1, 0.15) is 5.56 Å². The number of aryl methyl sites for hydroxylation is 1. The maximum absolute atomic E-state index is 10.1. The lowest BCUT2D eigenvalue weighted by Crippen LogP contribution is -1.78. The van der Waals surface area contributed by atoms with Crippen molar-refractivity contribution < 1.29 is 9.42 Å². The summed E-state index contributed by atoms with van der Waals surface area (Å²) < 4.78 is 4.51. The number of rotatable bonds is 2. The monoisotopic (exact) mass is 201 g/mol. The highest BCUT2D eigenvalue weighted by atomic mass is 16.6. The van der Waals surface area contributed by atoms with Crippen LogP contribution >= 0.6 is 0 Å². The molecule has 15 heavy (non-hydrogen) atoms. The molecule has 1 heterocycles. The van der Waals surface area contributed by atoms with Crippen LogP contribution in [0.3, 0.4) is 0 Å². The van der Waals surface area contributed by atoms with Gasteiger partial charge in [-0.15, -0.1) is 4.99 Å². The molecule has 0 radical (unpaired) electrons. The lowest BCUT2D eigenvalue weighted by Gasteiger charge is -1.95. The number of hydrogen-bond acceptors (Lipinski definition) is 5. The SMILES string of the molecule is Cc1ccc(-c2nonc2N=C=O)cc1. The lowest BCUT2D eigenvalue weighted by atomic mass is 10.1. The zero-order valence-electron chi connectivity index (χ0n) is 7.97. The molecule has 0 aliphatic heterocycles. The molecule has 2 aromatic rings. The summed E-state index contributed by atoms with van der Waals surface area (Å²) in [6.45, 7) is 1.98. The van der Waals surface area contributed by atoms with Gasteiger partial charge in [-0.3, -0.25) is 0 Å².